The van der Waals surface area contributed by atoms with Crippen molar-refractivity contribution < 1.29 is 19.2 Å². The van der Waals surface area contributed by atoms with E-state index in [1.54, 1.807) is 30.3 Å². The molecule has 0 N–H and O–H groups in total. The summed E-state index contributed by atoms with van der Waals surface area (Å²) in [6.07, 6.45) is -1.22. The van der Waals surface area contributed by atoms with Crippen LogP contribution in [-0.2, 0) is 9.53 Å². The number of hydrogen-bond acceptors (Lipinski definition) is 5. The Kier molecular flexibility index (Phi) is 5.71. The van der Waals surface area contributed by atoms with Crippen LogP contribution < -0.4 is 0 Å². The summed E-state index contributed by atoms with van der Waals surface area (Å²) in [7, 11) is 3.04. The molecule has 0 spiro atoms. The van der Waals surface area contributed by atoms with Crippen LogP contribution in [-0.4, -0.2) is 35.8 Å². The van der Waals surface area contributed by atoms with E-state index in [9.17, 15) is 19.7 Å². The number of nitrogens with zero attached hydrogens (tertiary/aromatic N) is 2. The number of likely N-dealkylation sites (N-methyl/N-ethyl adjacent to an activating group) is 1. The molecule has 130 valence electrons. The van der Waals surface area contributed by atoms with Gasteiger partial charge in [0.05, 0.1) is 4.92 Å². The first-order valence-electron chi connectivity index (χ1n) is 7.22. The van der Waals surface area contributed by atoms with Gasteiger partial charge < -0.3 is 9.64 Å². The predicted molar refractivity (Wildman–Crippen MR) is 91.4 cm³/mol. The molecule has 2 aromatic rings. The zero-order chi connectivity index (χ0) is 18.6. The van der Waals surface area contributed by atoms with Crippen molar-refractivity contribution in [1.82, 2.24) is 4.90 Å². The second-order valence-electron chi connectivity index (χ2n) is 5.35. The Morgan fingerprint density at radius 2 is 1.80 bits per heavy atom. The van der Waals surface area contributed by atoms with Gasteiger partial charge in [0.2, 0.25) is 6.10 Å². The van der Waals surface area contributed by atoms with Crippen LogP contribution in [0.25, 0.3) is 0 Å². The van der Waals surface area contributed by atoms with E-state index in [0.29, 0.717) is 5.56 Å². The predicted octanol–water partition coefficient (Wildman–Crippen LogP) is 3.23. The van der Waals surface area contributed by atoms with Gasteiger partial charge in [-0.1, -0.05) is 41.9 Å². The van der Waals surface area contributed by atoms with Gasteiger partial charge in [-0.25, -0.2) is 4.79 Å². The van der Waals surface area contributed by atoms with E-state index in [1.165, 1.54) is 25.1 Å². The lowest BCUT2D eigenvalue weighted by Gasteiger charge is -2.21. The van der Waals surface area contributed by atoms with E-state index in [2.05, 4.69) is 0 Å². The van der Waals surface area contributed by atoms with Crippen molar-refractivity contribution in [1.29, 1.82) is 0 Å². The maximum absolute atomic E-state index is 12.5. The minimum atomic E-state index is -1.22. The summed E-state index contributed by atoms with van der Waals surface area (Å²) in [6.45, 7) is 0. The molecule has 0 fully saturated rings. The Hall–Kier alpha value is -2.93. The Morgan fingerprint density at radius 1 is 1.16 bits per heavy atom. The number of nitro benzene ring substituents is 1. The highest BCUT2D eigenvalue weighted by molar-refractivity contribution is 6.31. The Labute approximate surface area is 148 Å². The van der Waals surface area contributed by atoms with Crippen molar-refractivity contribution in [2.24, 2.45) is 0 Å². The van der Waals surface area contributed by atoms with Gasteiger partial charge in [0.1, 0.15) is 5.56 Å². The highest BCUT2D eigenvalue weighted by Crippen LogP contribution is 2.27. The molecule has 0 saturated heterocycles. The Balaban J connectivity index is 2.40. The number of carbonyl (C=O) groups excluding carboxylic acids is 2. The summed E-state index contributed by atoms with van der Waals surface area (Å²) in [5, 5.41) is 11.3. The lowest BCUT2D eigenvalue weighted by Crippen LogP contribution is -2.31. The molecule has 1 amide bonds. The summed E-state index contributed by atoms with van der Waals surface area (Å²) in [4.78, 5) is 36.5. The fraction of sp³-hybridized carbons (Fsp3) is 0.176. The quantitative estimate of drug-likeness (QED) is 0.462. The van der Waals surface area contributed by atoms with E-state index in [4.69, 9.17) is 16.3 Å². The van der Waals surface area contributed by atoms with Crippen molar-refractivity contribution in [3.63, 3.8) is 0 Å². The molecule has 8 heteroatoms. The van der Waals surface area contributed by atoms with Crippen molar-refractivity contribution in [2.75, 3.05) is 14.1 Å². The van der Waals surface area contributed by atoms with Gasteiger partial charge in [-0.05, 0) is 12.1 Å². The number of esters is 1. The first kappa shape index (κ1) is 18.4. The molecule has 2 rings (SSSR count). The maximum Gasteiger partial charge on any atom is 0.346 e. The van der Waals surface area contributed by atoms with Crippen LogP contribution in [0, 0.1) is 10.1 Å². The van der Waals surface area contributed by atoms with Crippen LogP contribution in [0.15, 0.2) is 48.5 Å². The molecule has 7 nitrogen and oxygen atoms in total. The second kappa shape index (κ2) is 7.76. The smallest absolute Gasteiger partial charge is 0.346 e. The molecular formula is C17H15ClN2O5. The fourth-order valence-corrected chi connectivity index (χ4v) is 2.30. The molecule has 25 heavy (non-hydrogen) atoms. The van der Waals surface area contributed by atoms with Crippen molar-refractivity contribution >= 4 is 29.2 Å². The molecule has 2 aromatic carbocycles. The minimum absolute atomic E-state index is 0.146. The summed E-state index contributed by atoms with van der Waals surface area (Å²) in [6, 6.07) is 12.0. The second-order valence-corrected chi connectivity index (χ2v) is 5.78. The highest BCUT2D eigenvalue weighted by Gasteiger charge is 2.30. The van der Waals surface area contributed by atoms with Crippen LogP contribution in [0.2, 0.25) is 5.02 Å². The standard InChI is InChI=1S/C17H15ClN2O5/c1-19(2)16(21)15(11-6-4-3-5-7-11)25-17(22)13-10-12(18)8-9-14(13)20(23)24/h3-10,15H,1-2H3. The highest BCUT2D eigenvalue weighted by atomic mass is 35.5. The molecule has 0 radical (unpaired) electrons. The van der Waals surface area contributed by atoms with Gasteiger partial charge in [-0.3, -0.25) is 14.9 Å². The first-order valence-corrected chi connectivity index (χ1v) is 7.60. The molecule has 0 saturated carbocycles. The van der Waals surface area contributed by atoms with Gasteiger partial charge in [-0.2, -0.15) is 0 Å². The minimum Gasteiger partial charge on any atom is -0.443 e. The number of amides is 1. The zero-order valence-corrected chi connectivity index (χ0v) is 14.3. The van der Waals surface area contributed by atoms with Gasteiger partial charge in [0, 0.05) is 30.7 Å². The van der Waals surface area contributed by atoms with Crippen LogP contribution in [0.1, 0.15) is 22.0 Å². The molecule has 1 atom stereocenters. The third kappa shape index (κ3) is 4.33. The third-order valence-corrected chi connectivity index (χ3v) is 3.60. The molecular weight excluding hydrogens is 348 g/mol. The number of hydrogen-bond donors (Lipinski definition) is 0. The average molecular weight is 363 g/mol. The summed E-state index contributed by atoms with van der Waals surface area (Å²) >= 11 is 5.83. The van der Waals surface area contributed by atoms with E-state index in [1.807, 2.05) is 0 Å². The van der Waals surface area contributed by atoms with E-state index >= 15 is 0 Å². The zero-order valence-electron chi connectivity index (χ0n) is 13.5. The van der Waals surface area contributed by atoms with Gasteiger partial charge in [0.15, 0.2) is 0 Å². The van der Waals surface area contributed by atoms with Gasteiger partial charge in [0.25, 0.3) is 11.6 Å². The normalized spacial score (nSPS) is 11.5. The van der Waals surface area contributed by atoms with Crippen molar-refractivity contribution in [2.45, 2.75) is 6.10 Å². The number of ether oxygens (including phenoxy) is 1. The summed E-state index contributed by atoms with van der Waals surface area (Å²) in [5.74, 6) is -1.47. The topological polar surface area (TPSA) is 89.8 Å². The Morgan fingerprint density at radius 3 is 2.36 bits per heavy atom. The van der Waals surface area contributed by atoms with Crippen LogP contribution in [0.3, 0.4) is 0 Å². The fourth-order valence-electron chi connectivity index (χ4n) is 2.12. The molecule has 0 bridgehead atoms. The van der Waals surface area contributed by atoms with Gasteiger partial charge in [-0.15, -0.1) is 0 Å². The van der Waals surface area contributed by atoms with Crippen LogP contribution in [0.4, 0.5) is 5.69 Å². The third-order valence-electron chi connectivity index (χ3n) is 3.37. The lowest BCUT2D eigenvalue weighted by molar-refractivity contribution is -0.385. The van der Waals surface area contributed by atoms with Crippen LogP contribution >= 0.6 is 11.6 Å². The largest absolute Gasteiger partial charge is 0.443 e. The maximum atomic E-state index is 12.5. The van der Waals surface area contributed by atoms with E-state index in [0.717, 1.165) is 12.1 Å². The molecule has 0 aromatic heterocycles. The number of rotatable bonds is 5. The summed E-state index contributed by atoms with van der Waals surface area (Å²) < 4.78 is 5.30. The number of halogens is 1. The molecule has 0 aliphatic heterocycles. The molecule has 0 heterocycles. The average Bonchev–Trinajstić information content (AvgIpc) is 2.59. The van der Waals surface area contributed by atoms with E-state index in [-0.39, 0.29) is 10.6 Å². The number of benzene rings is 2. The first-order chi connectivity index (χ1) is 11.8. The molecule has 1 unspecified atom stereocenters. The molecule has 0 aliphatic carbocycles. The van der Waals surface area contributed by atoms with Gasteiger partial charge >= 0.3 is 5.97 Å². The molecule has 0 aliphatic rings. The summed E-state index contributed by atoms with van der Waals surface area (Å²) in [5.41, 5.74) is -0.303. The van der Waals surface area contributed by atoms with Crippen molar-refractivity contribution in [3.05, 3.63) is 74.8 Å². The monoisotopic (exact) mass is 362 g/mol. The number of nitro groups is 1. The van der Waals surface area contributed by atoms with Crippen molar-refractivity contribution in [3.8, 4) is 0 Å². The Bertz CT molecular complexity index is 808. The van der Waals surface area contributed by atoms with E-state index < -0.39 is 28.6 Å². The van der Waals surface area contributed by atoms with Crippen LogP contribution in [0.5, 0.6) is 0 Å². The lowest BCUT2D eigenvalue weighted by atomic mass is 10.1. The number of carbonyl (C=O) groups is 2. The SMILES string of the molecule is CN(C)C(=O)C(OC(=O)c1cc(Cl)ccc1[N+](=O)[O-])c1ccccc1.